The van der Waals surface area contributed by atoms with Gasteiger partial charge >= 0.3 is 0 Å². The van der Waals surface area contributed by atoms with Crippen LogP contribution in [0.25, 0.3) is 10.9 Å². The molecule has 1 unspecified atom stereocenters. The minimum Gasteiger partial charge on any atom is -0.493 e. The lowest BCUT2D eigenvalue weighted by atomic mass is 9.86. The third-order valence-corrected chi connectivity index (χ3v) is 5.56. The topological polar surface area (TPSA) is 56.3 Å². The molecule has 0 fully saturated rings. The number of aromatic nitrogens is 2. The fraction of sp³-hybridized carbons (Fsp3) is 0.391. The summed E-state index contributed by atoms with van der Waals surface area (Å²) in [5, 5.41) is 4.56. The maximum atomic E-state index is 5.49. The van der Waals surface area contributed by atoms with Crippen LogP contribution in [-0.4, -0.2) is 24.2 Å². The van der Waals surface area contributed by atoms with E-state index >= 15 is 0 Å². The van der Waals surface area contributed by atoms with Gasteiger partial charge in [0.05, 0.1) is 25.8 Å². The van der Waals surface area contributed by atoms with E-state index < -0.39 is 0 Å². The summed E-state index contributed by atoms with van der Waals surface area (Å²) in [4.78, 5) is 9.28. The minimum absolute atomic E-state index is 0.152. The summed E-state index contributed by atoms with van der Waals surface area (Å²) in [7, 11) is 3.28. The Morgan fingerprint density at radius 1 is 1.00 bits per heavy atom. The van der Waals surface area contributed by atoms with Crippen molar-refractivity contribution < 1.29 is 9.47 Å². The van der Waals surface area contributed by atoms with E-state index in [1.54, 1.807) is 14.2 Å². The Kier molecular flexibility index (Phi) is 5.07. The molecule has 5 heteroatoms. The number of hydrogen-bond acceptors (Lipinski definition) is 5. The lowest BCUT2D eigenvalue weighted by Crippen LogP contribution is -2.14. The van der Waals surface area contributed by atoms with Gasteiger partial charge < -0.3 is 14.8 Å². The quantitative estimate of drug-likeness (QED) is 0.677. The molecule has 0 amide bonds. The molecule has 0 spiro atoms. The predicted molar refractivity (Wildman–Crippen MR) is 113 cm³/mol. The molecule has 1 aromatic heterocycles. The summed E-state index contributed by atoms with van der Waals surface area (Å²) in [6, 6.07) is 10.7. The number of ether oxygens (including phenoxy) is 2. The fourth-order valence-corrected chi connectivity index (χ4v) is 4.18. The highest BCUT2D eigenvalue weighted by atomic mass is 16.5. The Balaban J connectivity index is 1.75. The van der Waals surface area contributed by atoms with E-state index in [0.29, 0.717) is 11.5 Å². The standard InChI is InChI=1S/C23H27N3O2/c1-14(17-11-7-9-16-8-5-6-10-18(16)17)24-23-19-12-21(27-3)22(28-4)13-20(19)25-15(2)26-23/h7,9,11-14H,5-6,8,10H2,1-4H3,(H,24,25,26). The van der Waals surface area contributed by atoms with Crippen LogP contribution in [0.3, 0.4) is 0 Å². The van der Waals surface area contributed by atoms with Crippen LogP contribution in [0.1, 0.15) is 48.3 Å². The minimum atomic E-state index is 0.152. The maximum Gasteiger partial charge on any atom is 0.162 e. The Labute approximate surface area is 166 Å². The lowest BCUT2D eigenvalue weighted by molar-refractivity contribution is 0.356. The molecule has 0 aliphatic heterocycles. The molecule has 28 heavy (non-hydrogen) atoms. The van der Waals surface area contributed by atoms with Crippen molar-refractivity contribution in [2.45, 2.75) is 45.6 Å². The fourth-order valence-electron chi connectivity index (χ4n) is 4.18. The van der Waals surface area contributed by atoms with Crippen LogP contribution in [0.15, 0.2) is 30.3 Å². The van der Waals surface area contributed by atoms with E-state index in [-0.39, 0.29) is 6.04 Å². The molecule has 0 saturated heterocycles. The molecule has 3 aromatic rings. The summed E-state index contributed by atoms with van der Waals surface area (Å²) in [5.41, 5.74) is 5.20. The molecule has 1 heterocycles. The number of rotatable bonds is 5. The van der Waals surface area contributed by atoms with E-state index in [0.717, 1.165) is 29.0 Å². The molecule has 0 bridgehead atoms. The third-order valence-electron chi connectivity index (χ3n) is 5.56. The molecular weight excluding hydrogens is 350 g/mol. The van der Waals surface area contributed by atoms with Crippen molar-refractivity contribution >= 4 is 16.7 Å². The molecule has 146 valence electrons. The van der Waals surface area contributed by atoms with Crippen molar-refractivity contribution in [1.82, 2.24) is 9.97 Å². The SMILES string of the molecule is COc1cc2nc(C)nc(NC(C)c3cccc4c3CCCC4)c2cc1OC. The number of nitrogens with zero attached hydrogens (tertiary/aromatic N) is 2. The highest BCUT2D eigenvalue weighted by molar-refractivity contribution is 5.92. The Bertz CT molecular complexity index is 1020. The third kappa shape index (κ3) is 3.37. The summed E-state index contributed by atoms with van der Waals surface area (Å²) >= 11 is 0. The highest BCUT2D eigenvalue weighted by Gasteiger charge is 2.19. The molecular formula is C23H27N3O2. The van der Waals surface area contributed by atoms with Gasteiger partial charge in [0.1, 0.15) is 11.6 Å². The summed E-state index contributed by atoms with van der Waals surface area (Å²) in [6.07, 6.45) is 4.90. The monoisotopic (exact) mass is 377 g/mol. The van der Waals surface area contributed by atoms with Gasteiger partial charge in [-0.1, -0.05) is 18.2 Å². The second-order valence-electron chi connectivity index (χ2n) is 7.40. The molecule has 1 N–H and O–H groups in total. The van der Waals surface area contributed by atoms with Gasteiger partial charge in [0.2, 0.25) is 0 Å². The first-order valence-electron chi connectivity index (χ1n) is 9.88. The van der Waals surface area contributed by atoms with Crippen LogP contribution in [0.2, 0.25) is 0 Å². The van der Waals surface area contributed by atoms with E-state index in [9.17, 15) is 0 Å². The molecule has 1 atom stereocenters. The average molecular weight is 377 g/mol. The van der Waals surface area contributed by atoms with Gasteiger partial charge in [-0.3, -0.25) is 0 Å². The van der Waals surface area contributed by atoms with Crippen LogP contribution in [0, 0.1) is 6.92 Å². The average Bonchev–Trinajstić information content (AvgIpc) is 2.72. The van der Waals surface area contributed by atoms with Crippen LogP contribution >= 0.6 is 0 Å². The smallest absolute Gasteiger partial charge is 0.162 e. The highest BCUT2D eigenvalue weighted by Crippen LogP contribution is 2.36. The van der Waals surface area contributed by atoms with Gasteiger partial charge in [-0.25, -0.2) is 9.97 Å². The number of hydrogen-bond donors (Lipinski definition) is 1. The van der Waals surface area contributed by atoms with E-state index in [4.69, 9.17) is 14.5 Å². The first-order chi connectivity index (χ1) is 13.6. The van der Waals surface area contributed by atoms with Crippen molar-refractivity contribution in [2.24, 2.45) is 0 Å². The molecule has 0 saturated carbocycles. The van der Waals surface area contributed by atoms with Gasteiger partial charge in [-0.05, 0) is 62.3 Å². The predicted octanol–water partition coefficient (Wildman–Crippen LogP) is 5.01. The van der Waals surface area contributed by atoms with E-state index in [1.807, 2.05) is 19.1 Å². The number of anilines is 1. The summed E-state index contributed by atoms with van der Waals surface area (Å²) in [6.45, 7) is 4.12. The largest absolute Gasteiger partial charge is 0.493 e. The molecule has 4 rings (SSSR count). The van der Waals surface area contributed by atoms with Crippen molar-refractivity contribution in [3.05, 3.63) is 52.8 Å². The zero-order chi connectivity index (χ0) is 19.7. The number of fused-ring (bicyclic) bond motifs is 2. The van der Waals surface area contributed by atoms with Gasteiger partial charge in [-0.15, -0.1) is 0 Å². The molecule has 0 radical (unpaired) electrons. The van der Waals surface area contributed by atoms with Crippen molar-refractivity contribution in [2.75, 3.05) is 19.5 Å². The molecule has 2 aromatic carbocycles. The second-order valence-corrected chi connectivity index (χ2v) is 7.40. The first-order valence-corrected chi connectivity index (χ1v) is 9.88. The van der Waals surface area contributed by atoms with Gasteiger partial charge in [0, 0.05) is 11.5 Å². The van der Waals surface area contributed by atoms with Gasteiger partial charge in [0.15, 0.2) is 11.5 Å². The number of aryl methyl sites for hydroxylation is 2. The molecule has 1 aliphatic carbocycles. The van der Waals surface area contributed by atoms with Gasteiger partial charge in [-0.2, -0.15) is 0 Å². The van der Waals surface area contributed by atoms with Gasteiger partial charge in [0.25, 0.3) is 0 Å². The lowest BCUT2D eigenvalue weighted by Gasteiger charge is -2.24. The molecule has 1 aliphatic rings. The van der Waals surface area contributed by atoms with Crippen LogP contribution in [0.5, 0.6) is 11.5 Å². The first kappa shape index (κ1) is 18.5. The Hall–Kier alpha value is -2.82. The van der Waals surface area contributed by atoms with Crippen LogP contribution in [-0.2, 0) is 12.8 Å². The zero-order valence-corrected chi connectivity index (χ0v) is 17.0. The van der Waals surface area contributed by atoms with Crippen LogP contribution < -0.4 is 14.8 Å². The Morgan fingerprint density at radius 3 is 2.54 bits per heavy atom. The van der Waals surface area contributed by atoms with Crippen LogP contribution in [0.4, 0.5) is 5.82 Å². The van der Waals surface area contributed by atoms with Crippen molar-refractivity contribution in [1.29, 1.82) is 0 Å². The summed E-state index contributed by atoms with van der Waals surface area (Å²) < 4.78 is 10.9. The summed E-state index contributed by atoms with van der Waals surface area (Å²) in [5.74, 6) is 2.90. The number of nitrogens with one attached hydrogen (secondary N) is 1. The van der Waals surface area contributed by atoms with E-state index in [2.05, 4.69) is 35.4 Å². The second kappa shape index (κ2) is 7.66. The maximum absolute atomic E-state index is 5.49. The van der Waals surface area contributed by atoms with Crippen molar-refractivity contribution in [3.63, 3.8) is 0 Å². The van der Waals surface area contributed by atoms with Crippen molar-refractivity contribution in [3.8, 4) is 11.5 Å². The number of benzene rings is 2. The molecule has 5 nitrogen and oxygen atoms in total. The van der Waals surface area contributed by atoms with E-state index in [1.165, 1.54) is 36.0 Å². The number of methoxy groups -OCH3 is 2. The normalized spacial score (nSPS) is 14.4. The Morgan fingerprint density at radius 2 is 1.75 bits per heavy atom. The zero-order valence-electron chi connectivity index (χ0n) is 17.0.